The van der Waals surface area contributed by atoms with Crippen LogP contribution in [0, 0.1) is 23.5 Å². The number of aromatic nitrogens is 6. The second kappa shape index (κ2) is 16.5. The first kappa shape index (κ1) is 43.7. The van der Waals surface area contributed by atoms with Crippen LogP contribution in [0.5, 0.6) is 0 Å². The number of pyridine rings is 1. The van der Waals surface area contributed by atoms with Crippen LogP contribution in [0.2, 0.25) is 0 Å². The van der Waals surface area contributed by atoms with Gasteiger partial charge in [0, 0.05) is 48.6 Å². The Labute approximate surface area is 349 Å². The lowest BCUT2D eigenvalue weighted by atomic mass is 9.89. The summed E-state index contributed by atoms with van der Waals surface area (Å²) in [5.41, 5.74) is -1.24. The average Bonchev–Trinajstić information content (AvgIpc) is 3.88. The smallest absolute Gasteiger partial charge is 0.378 e. The molecule has 6 aromatic rings. The minimum absolute atomic E-state index is 0.0155. The topological polar surface area (TPSA) is 149 Å². The molecular formula is C39H40F7N9O4S2. The van der Waals surface area contributed by atoms with Gasteiger partial charge in [0.2, 0.25) is 15.9 Å². The molecule has 0 bridgehead atoms. The molecule has 1 amide bonds. The summed E-state index contributed by atoms with van der Waals surface area (Å²) in [4.78, 5) is 25.8. The van der Waals surface area contributed by atoms with Crippen molar-refractivity contribution in [2.45, 2.75) is 51.9 Å². The van der Waals surface area contributed by atoms with Gasteiger partial charge in [-0.1, -0.05) is 44.2 Å². The zero-order chi connectivity index (χ0) is 44.2. The first-order valence-electron chi connectivity index (χ1n) is 18.9. The van der Waals surface area contributed by atoms with Crippen molar-refractivity contribution in [1.82, 2.24) is 34.8 Å². The lowest BCUT2D eigenvalue weighted by Crippen LogP contribution is -2.36. The highest BCUT2D eigenvalue weighted by atomic mass is 32.2. The van der Waals surface area contributed by atoms with Crippen LogP contribution in [0.25, 0.3) is 32.4 Å². The molecule has 0 saturated carbocycles. The summed E-state index contributed by atoms with van der Waals surface area (Å²) in [6.07, 6.45) is -4.51. The molecule has 2 N–H and O–H groups in total. The third kappa shape index (κ3) is 9.30. The van der Waals surface area contributed by atoms with E-state index in [9.17, 15) is 35.2 Å². The van der Waals surface area contributed by atoms with Crippen molar-refractivity contribution in [3.05, 3.63) is 82.8 Å². The van der Waals surface area contributed by atoms with E-state index >= 15 is 8.78 Å². The molecule has 1 fully saturated rings. The third-order valence-corrected chi connectivity index (χ3v) is 12.0. The van der Waals surface area contributed by atoms with E-state index in [1.807, 2.05) is 4.90 Å². The minimum Gasteiger partial charge on any atom is -0.378 e. The summed E-state index contributed by atoms with van der Waals surface area (Å²) < 4.78 is 138. The molecule has 0 unspecified atom stereocenters. The molecule has 22 heteroatoms. The standard InChI is InChI=1S/C39H40F7N9O4S2/c1-20(2)21(3)38(42,43)31-18-30(39(44,45)46)50-55(31)19-32(56)47-28(15-22-13-23(40)16-24(41)14-22)33-27(17-29-36(48-33)49-37(60-29)54-9-11-59-12-10-54)25-7-6-8-26-34(25)53(4)51-35(26)52-61(5,57)58/h6-8,13-14,16-18,20-21,28H,9-12,15,19H2,1-5H3,(H,47,56)(H,51,52)/t21-,28+/m1/s1. The summed E-state index contributed by atoms with van der Waals surface area (Å²) in [7, 11) is -2.21. The van der Waals surface area contributed by atoms with Gasteiger partial charge in [0.05, 0.1) is 41.4 Å². The lowest BCUT2D eigenvalue weighted by molar-refractivity contribution is -0.141. The number of thiazole rings is 1. The Morgan fingerprint density at radius 1 is 0.951 bits per heavy atom. The zero-order valence-electron chi connectivity index (χ0n) is 33.3. The maximum atomic E-state index is 15.9. The highest BCUT2D eigenvalue weighted by Gasteiger charge is 2.46. The molecule has 2 aromatic carbocycles. The van der Waals surface area contributed by atoms with Gasteiger partial charge in [-0.2, -0.15) is 37.1 Å². The first-order valence-corrected chi connectivity index (χ1v) is 21.7. The number of sulfonamides is 1. The number of aryl methyl sites for hydroxylation is 1. The highest BCUT2D eigenvalue weighted by molar-refractivity contribution is 7.92. The molecule has 13 nitrogen and oxygen atoms in total. The Hall–Kier alpha value is -5.35. The van der Waals surface area contributed by atoms with Crippen LogP contribution in [0.1, 0.15) is 49.5 Å². The van der Waals surface area contributed by atoms with E-state index in [0.717, 1.165) is 18.4 Å². The molecule has 0 spiro atoms. The van der Waals surface area contributed by atoms with Crippen LogP contribution < -0.4 is 14.9 Å². The van der Waals surface area contributed by atoms with Crippen molar-refractivity contribution < 1.29 is 48.7 Å². The van der Waals surface area contributed by atoms with Crippen molar-refractivity contribution in [3.63, 3.8) is 0 Å². The summed E-state index contributed by atoms with van der Waals surface area (Å²) in [5.74, 6) is -8.91. The Kier molecular flexibility index (Phi) is 11.8. The van der Waals surface area contributed by atoms with Gasteiger partial charge in [-0.15, -0.1) is 0 Å². The van der Waals surface area contributed by atoms with Crippen molar-refractivity contribution in [3.8, 4) is 11.1 Å². The number of hydrogen-bond acceptors (Lipinski definition) is 10. The Morgan fingerprint density at radius 2 is 1.64 bits per heavy atom. The quantitative estimate of drug-likeness (QED) is 0.113. The number of nitrogens with one attached hydrogen (secondary N) is 2. The number of ether oxygens (including phenoxy) is 1. The van der Waals surface area contributed by atoms with Crippen LogP contribution in [-0.4, -0.2) is 76.4 Å². The number of anilines is 2. The van der Waals surface area contributed by atoms with E-state index in [4.69, 9.17) is 14.7 Å². The fourth-order valence-corrected chi connectivity index (χ4v) is 8.70. The zero-order valence-corrected chi connectivity index (χ0v) is 35.0. The van der Waals surface area contributed by atoms with Gasteiger partial charge in [0.15, 0.2) is 22.3 Å². The van der Waals surface area contributed by atoms with Crippen LogP contribution in [0.3, 0.4) is 0 Å². The molecule has 326 valence electrons. The van der Waals surface area contributed by atoms with Crippen LogP contribution >= 0.6 is 11.3 Å². The van der Waals surface area contributed by atoms with Gasteiger partial charge in [-0.3, -0.25) is 18.9 Å². The number of benzene rings is 2. The van der Waals surface area contributed by atoms with E-state index in [1.54, 1.807) is 31.3 Å². The van der Waals surface area contributed by atoms with E-state index in [-0.39, 0.29) is 35.2 Å². The van der Waals surface area contributed by atoms with Crippen molar-refractivity contribution in [2.75, 3.05) is 42.2 Å². The number of alkyl halides is 5. The molecule has 7 rings (SSSR count). The number of para-hydroxylation sites is 1. The number of morpholine rings is 1. The summed E-state index contributed by atoms with van der Waals surface area (Å²) >= 11 is 1.31. The predicted molar refractivity (Wildman–Crippen MR) is 215 cm³/mol. The van der Waals surface area contributed by atoms with E-state index < -0.39 is 75.5 Å². The molecule has 0 aliphatic carbocycles. The van der Waals surface area contributed by atoms with Crippen LogP contribution in [0.4, 0.5) is 41.7 Å². The maximum absolute atomic E-state index is 15.9. The molecule has 1 aliphatic rings. The molecule has 4 aromatic heterocycles. The SMILES string of the molecule is CC(C)[C@@H](C)C(F)(F)c1cc(C(F)(F)F)nn1CC(=O)N[C@@H](Cc1cc(F)cc(F)c1)c1nc2nc(N3CCOCC3)sc2cc1-c1cccc2c(NS(C)(=O)=O)nn(C)c12. The number of carbonyl (C=O) groups is 1. The molecule has 1 saturated heterocycles. The van der Waals surface area contributed by atoms with E-state index in [0.29, 0.717) is 68.9 Å². The number of amides is 1. The van der Waals surface area contributed by atoms with Crippen LogP contribution in [0.15, 0.2) is 48.5 Å². The summed E-state index contributed by atoms with van der Waals surface area (Å²) in [6, 6.07) is 8.30. The number of rotatable bonds is 13. The lowest BCUT2D eigenvalue weighted by Gasteiger charge is -2.27. The Balaban J connectivity index is 1.40. The van der Waals surface area contributed by atoms with Gasteiger partial charge in [0.1, 0.15) is 23.9 Å². The first-order chi connectivity index (χ1) is 28.6. The third-order valence-electron chi connectivity index (χ3n) is 10.4. The number of fused-ring (bicyclic) bond motifs is 2. The molecule has 1 aliphatic heterocycles. The van der Waals surface area contributed by atoms with Gasteiger partial charge in [0.25, 0.3) is 5.92 Å². The monoisotopic (exact) mass is 895 g/mol. The molecule has 61 heavy (non-hydrogen) atoms. The van der Waals surface area contributed by atoms with Crippen molar-refractivity contribution in [2.24, 2.45) is 18.9 Å². The molecule has 5 heterocycles. The molecule has 0 radical (unpaired) electrons. The summed E-state index contributed by atoms with van der Waals surface area (Å²) in [5, 5.41) is 11.5. The minimum atomic E-state index is -5.12. The van der Waals surface area contributed by atoms with E-state index in [2.05, 4.69) is 20.2 Å². The second-order valence-corrected chi connectivity index (χ2v) is 18.0. The largest absolute Gasteiger partial charge is 0.435 e. The van der Waals surface area contributed by atoms with Crippen LogP contribution in [-0.2, 0) is 51.7 Å². The Morgan fingerprint density at radius 3 is 2.28 bits per heavy atom. The average molecular weight is 896 g/mol. The summed E-state index contributed by atoms with van der Waals surface area (Å²) in [6.45, 7) is 5.03. The maximum Gasteiger partial charge on any atom is 0.435 e. The number of halogens is 7. The number of hydrogen-bond donors (Lipinski definition) is 2. The van der Waals surface area contributed by atoms with Crippen molar-refractivity contribution >= 4 is 59.5 Å². The van der Waals surface area contributed by atoms with E-state index in [1.165, 1.54) is 36.8 Å². The Bertz CT molecular complexity index is 2710. The fourth-order valence-electron chi connectivity index (χ4n) is 7.20. The second-order valence-electron chi connectivity index (χ2n) is 15.2. The van der Waals surface area contributed by atoms with Gasteiger partial charge in [-0.05, 0) is 48.2 Å². The normalized spacial score (nSPS) is 15.2. The fraction of sp³-hybridized carbons (Fsp3) is 0.410. The van der Waals surface area contributed by atoms with Gasteiger partial charge in [-0.25, -0.2) is 22.2 Å². The molecule has 2 atom stereocenters. The predicted octanol–water partition coefficient (Wildman–Crippen LogP) is 7.43. The number of carbonyl (C=O) groups excluding carboxylic acids is 1. The van der Waals surface area contributed by atoms with Gasteiger partial charge < -0.3 is 15.0 Å². The van der Waals surface area contributed by atoms with Crippen molar-refractivity contribution in [1.29, 1.82) is 0 Å². The highest BCUT2D eigenvalue weighted by Crippen LogP contribution is 2.43. The number of nitrogens with zero attached hydrogens (tertiary/aromatic N) is 7. The molecular weight excluding hydrogens is 856 g/mol. The van der Waals surface area contributed by atoms with Gasteiger partial charge >= 0.3 is 6.18 Å².